The number of aromatic nitrogens is 2. The van der Waals surface area contributed by atoms with Gasteiger partial charge in [0.05, 0.1) is 42.3 Å². The van der Waals surface area contributed by atoms with E-state index in [1.54, 1.807) is 18.3 Å². The summed E-state index contributed by atoms with van der Waals surface area (Å²) in [5, 5.41) is 8.71. The molecule has 170 valence electrons. The van der Waals surface area contributed by atoms with E-state index in [0.717, 1.165) is 5.82 Å². The lowest BCUT2D eigenvalue weighted by Crippen LogP contribution is -2.58. The van der Waals surface area contributed by atoms with Gasteiger partial charge in [0.15, 0.2) is 0 Å². The molecule has 0 unspecified atom stereocenters. The fourth-order valence-electron chi connectivity index (χ4n) is 3.92. The smallest absolute Gasteiger partial charge is 0.233 e. The van der Waals surface area contributed by atoms with Crippen molar-refractivity contribution in [2.45, 2.75) is 26.9 Å². The number of amides is 1. The topological polar surface area (TPSA) is 118 Å². The molecule has 2 aliphatic rings. The molecule has 2 aromatic heterocycles. The fourth-order valence-corrected chi connectivity index (χ4v) is 3.92. The number of ether oxygens (including phenoxy) is 2. The number of nitrogens with zero attached hydrogens (tertiary/aromatic N) is 4. The summed E-state index contributed by atoms with van der Waals surface area (Å²) in [6.07, 6.45) is 3.20. The van der Waals surface area contributed by atoms with Gasteiger partial charge in [-0.2, -0.15) is 0 Å². The lowest BCUT2D eigenvalue weighted by molar-refractivity contribution is -0.169. The monoisotopic (exact) mass is 438 g/mol. The summed E-state index contributed by atoms with van der Waals surface area (Å²) in [6.45, 7) is 9.48. The molecule has 4 heterocycles. The predicted molar refractivity (Wildman–Crippen MR) is 122 cm³/mol. The zero-order valence-corrected chi connectivity index (χ0v) is 18.8. The van der Waals surface area contributed by atoms with E-state index in [1.807, 2.05) is 31.7 Å². The Labute approximate surface area is 188 Å². The Hall–Kier alpha value is -3.20. The summed E-state index contributed by atoms with van der Waals surface area (Å²) in [5.74, 6) is 1.39. The van der Waals surface area contributed by atoms with Crippen molar-refractivity contribution in [3.05, 3.63) is 41.7 Å². The first kappa shape index (κ1) is 22.0. The molecule has 2 aliphatic heterocycles. The standard InChI is InChI=1S/C23H30N6O3/c1-15(2)32-20-11-17(18(24)12-27-20)21(25)16-4-5-26-19(10-16)28-6-8-29(9-7-28)22(30)23(3)13-31-14-23/h4-5,10-12,15,25H,6-9,13-14,24H2,1-3H3. The Morgan fingerprint density at radius 1 is 1.22 bits per heavy atom. The predicted octanol–water partition coefficient (Wildman–Crippen LogP) is 1.95. The number of rotatable bonds is 6. The summed E-state index contributed by atoms with van der Waals surface area (Å²) in [5.41, 5.74) is 7.71. The molecule has 0 radical (unpaired) electrons. The van der Waals surface area contributed by atoms with Crippen LogP contribution < -0.4 is 15.4 Å². The highest BCUT2D eigenvalue weighted by Crippen LogP contribution is 2.30. The Balaban J connectivity index is 1.46. The Morgan fingerprint density at radius 2 is 1.94 bits per heavy atom. The van der Waals surface area contributed by atoms with E-state index in [0.29, 0.717) is 62.1 Å². The van der Waals surface area contributed by atoms with E-state index in [1.165, 1.54) is 6.20 Å². The second-order valence-corrected chi connectivity index (χ2v) is 8.89. The van der Waals surface area contributed by atoms with Gasteiger partial charge in [0, 0.05) is 49.6 Å². The van der Waals surface area contributed by atoms with Crippen LogP contribution in [-0.4, -0.2) is 72.0 Å². The van der Waals surface area contributed by atoms with Crippen LogP contribution in [0.3, 0.4) is 0 Å². The number of nitrogen functional groups attached to an aromatic ring is 1. The van der Waals surface area contributed by atoms with Crippen molar-refractivity contribution >= 4 is 23.1 Å². The van der Waals surface area contributed by atoms with Crippen molar-refractivity contribution in [3.63, 3.8) is 0 Å². The van der Waals surface area contributed by atoms with Crippen LogP contribution in [0.1, 0.15) is 31.9 Å². The molecule has 0 bridgehead atoms. The normalized spacial score (nSPS) is 17.8. The van der Waals surface area contributed by atoms with Crippen LogP contribution in [-0.2, 0) is 9.53 Å². The molecular formula is C23H30N6O3. The minimum atomic E-state index is -0.377. The van der Waals surface area contributed by atoms with Gasteiger partial charge in [0.1, 0.15) is 5.82 Å². The van der Waals surface area contributed by atoms with Gasteiger partial charge < -0.3 is 25.0 Å². The lowest BCUT2D eigenvalue weighted by atomic mass is 9.86. The van der Waals surface area contributed by atoms with E-state index in [2.05, 4.69) is 14.9 Å². The van der Waals surface area contributed by atoms with Crippen molar-refractivity contribution < 1.29 is 14.3 Å². The van der Waals surface area contributed by atoms with Gasteiger partial charge in [-0.3, -0.25) is 10.2 Å². The average molecular weight is 439 g/mol. The molecule has 2 aromatic rings. The number of anilines is 2. The van der Waals surface area contributed by atoms with Gasteiger partial charge in [-0.25, -0.2) is 9.97 Å². The van der Waals surface area contributed by atoms with Crippen molar-refractivity contribution in [3.8, 4) is 5.88 Å². The average Bonchev–Trinajstić information content (AvgIpc) is 2.77. The fraction of sp³-hybridized carbons (Fsp3) is 0.478. The molecule has 0 aromatic carbocycles. The summed E-state index contributed by atoms with van der Waals surface area (Å²) in [6, 6.07) is 5.39. The van der Waals surface area contributed by atoms with Gasteiger partial charge in [0.25, 0.3) is 0 Å². The molecule has 3 N–H and O–H groups in total. The second-order valence-electron chi connectivity index (χ2n) is 8.89. The summed E-state index contributed by atoms with van der Waals surface area (Å²) >= 11 is 0. The molecule has 2 saturated heterocycles. The number of nitrogens with two attached hydrogens (primary N) is 1. The van der Waals surface area contributed by atoms with Crippen LogP contribution >= 0.6 is 0 Å². The van der Waals surface area contributed by atoms with Crippen molar-refractivity contribution in [2.24, 2.45) is 5.41 Å². The lowest BCUT2D eigenvalue weighted by Gasteiger charge is -2.43. The van der Waals surface area contributed by atoms with Gasteiger partial charge >= 0.3 is 0 Å². The van der Waals surface area contributed by atoms with Crippen LogP contribution in [0.25, 0.3) is 0 Å². The van der Waals surface area contributed by atoms with E-state index >= 15 is 0 Å². The zero-order valence-electron chi connectivity index (χ0n) is 18.8. The summed E-state index contributed by atoms with van der Waals surface area (Å²) in [7, 11) is 0. The van der Waals surface area contributed by atoms with E-state index < -0.39 is 0 Å². The quantitative estimate of drug-likeness (QED) is 0.662. The highest BCUT2D eigenvalue weighted by molar-refractivity contribution is 6.14. The molecule has 32 heavy (non-hydrogen) atoms. The maximum Gasteiger partial charge on any atom is 0.233 e. The molecule has 4 rings (SSSR count). The van der Waals surface area contributed by atoms with Crippen LogP contribution in [0.4, 0.5) is 11.5 Å². The van der Waals surface area contributed by atoms with E-state index in [9.17, 15) is 4.79 Å². The maximum absolute atomic E-state index is 12.7. The molecule has 0 atom stereocenters. The number of piperazine rings is 1. The molecule has 1 amide bonds. The van der Waals surface area contributed by atoms with Crippen LogP contribution in [0, 0.1) is 10.8 Å². The van der Waals surface area contributed by atoms with Gasteiger partial charge in [-0.05, 0) is 32.9 Å². The minimum absolute atomic E-state index is 0.0226. The highest BCUT2D eigenvalue weighted by atomic mass is 16.5. The number of nitrogens with one attached hydrogen (secondary N) is 1. The molecule has 0 spiro atoms. The molecule has 2 fully saturated rings. The first-order valence-corrected chi connectivity index (χ1v) is 10.9. The Morgan fingerprint density at radius 3 is 2.56 bits per heavy atom. The van der Waals surface area contributed by atoms with Gasteiger partial charge in [-0.1, -0.05) is 0 Å². The first-order chi connectivity index (χ1) is 15.3. The van der Waals surface area contributed by atoms with Gasteiger partial charge in [-0.15, -0.1) is 0 Å². The maximum atomic E-state index is 12.7. The number of pyridine rings is 2. The zero-order chi connectivity index (χ0) is 22.9. The highest BCUT2D eigenvalue weighted by Gasteiger charge is 2.44. The third kappa shape index (κ3) is 4.38. The molecular weight excluding hydrogens is 408 g/mol. The van der Waals surface area contributed by atoms with Crippen molar-refractivity contribution in [1.82, 2.24) is 14.9 Å². The SMILES string of the molecule is CC(C)Oc1cc(C(=N)c2ccnc(N3CCN(C(=O)C4(C)COC4)CC3)c2)c(N)cn1. The second kappa shape index (κ2) is 8.74. The number of carbonyl (C=O) groups is 1. The van der Waals surface area contributed by atoms with Crippen LogP contribution in [0.2, 0.25) is 0 Å². The molecule has 0 saturated carbocycles. The summed E-state index contributed by atoms with van der Waals surface area (Å²) < 4.78 is 10.9. The van der Waals surface area contributed by atoms with E-state index in [4.69, 9.17) is 20.6 Å². The summed E-state index contributed by atoms with van der Waals surface area (Å²) in [4.78, 5) is 25.5. The van der Waals surface area contributed by atoms with Crippen LogP contribution in [0.15, 0.2) is 30.6 Å². The van der Waals surface area contributed by atoms with Crippen molar-refractivity contribution in [1.29, 1.82) is 5.41 Å². The Bertz CT molecular complexity index is 1010. The third-order valence-electron chi connectivity index (χ3n) is 5.82. The van der Waals surface area contributed by atoms with Crippen LogP contribution in [0.5, 0.6) is 5.88 Å². The van der Waals surface area contributed by atoms with Crippen molar-refractivity contribution in [2.75, 3.05) is 50.0 Å². The first-order valence-electron chi connectivity index (χ1n) is 10.9. The number of carbonyl (C=O) groups excluding carboxylic acids is 1. The number of hydrogen-bond donors (Lipinski definition) is 2. The third-order valence-corrected chi connectivity index (χ3v) is 5.82. The molecule has 0 aliphatic carbocycles. The largest absolute Gasteiger partial charge is 0.475 e. The van der Waals surface area contributed by atoms with Gasteiger partial charge in [0.2, 0.25) is 11.8 Å². The molecule has 9 heteroatoms. The number of hydrogen-bond acceptors (Lipinski definition) is 8. The Kier molecular flexibility index (Phi) is 6.01. The molecule has 9 nitrogen and oxygen atoms in total. The van der Waals surface area contributed by atoms with E-state index in [-0.39, 0.29) is 23.1 Å². The minimum Gasteiger partial charge on any atom is -0.475 e.